The number of hydrogen-bond donors (Lipinski definition) is 0. The van der Waals surface area contributed by atoms with E-state index in [-0.39, 0.29) is 11.9 Å². The third-order valence-electron chi connectivity index (χ3n) is 4.32. The predicted molar refractivity (Wildman–Crippen MR) is 87.8 cm³/mol. The van der Waals surface area contributed by atoms with E-state index in [1.165, 1.54) is 12.8 Å². The van der Waals surface area contributed by atoms with Gasteiger partial charge in [0, 0.05) is 30.2 Å². The van der Waals surface area contributed by atoms with E-state index in [0.29, 0.717) is 16.5 Å². The van der Waals surface area contributed by atoms with E-state index in [1.54, 1.807) is 24.3 Å². The molecule has 116 valence electrons. The maximum atomic E-state index is 12.6. The second kappa shape index (κ2) is 7.28. The first kappa shape index (κ1) is 16.3. The molecule has 1 unspecified atom stereocenters. The summed E-state index contributed by atoms with van der Waals surface area (Å²) in [6.45, 7) is 7.66. The summed E-state index contributed by atoms with van der Waals surface area (Å²) in [5.41, 5.74) is 0.703. The second-order valence-corrected chi connectivity index (χ2v) is 6.68. The molecule has 4 heteroatoms. The van der Waals surface area contributed by atoms with Gasteiger partial charge in [-0.3, -0.25) is 4.79 Å². The topological polar surface area (TPSA) is 23.6 Å². The van der Waals surface area contributed by atoms with Gasteiger partial charge >= 0.3 is 0 Å². The first-order valence-corrected chi connectivity index (χ1v) is 8.12. The number of rotatable bonds is 5. The van der Waals surface area contributed by atoms with Gasteiger partial charge in [-0.1, -0.05) is 25.4 Å². The molecule has 3 nitrogen and oxygen atoms in total. The van der Waals surface area contributed by atoms with E-state index in [0.717, 1.165) is 19.6 Å². The van der Waals surface area contributed by atoms with Gasteiger partial charge in [-0.2, -0.15) is 0 Å². The molecule has 1 heterocycles. The zero-order valence-electron chi connectivity index (χ0n) is 13.2. The predicted octanol–water partition coefficient (Wildman–Crippen LogP) is 3.53. The minimum Gasteiger partial charge on any atom is -0.337 e. The summed E-state index contributed by atoms with van der Waals surface area (Å²) in [5, 5.41) is 0.659. The molecule has 0 saturated carbocycles. The Balaban J connectivity index is 2.07. The van der Waals surface area contributed by atoms with Crippen LogP contribution < -0.4 is 0 Å². The first-order chi connectivity index (χ1) is 9.99. The number of likely N-dealkylation sites (N-methyl/N-ethyl adjacent to an activating group) is 1. The summed E-state index contributed by atoms with van der Waals surface area (Å²) < 4.78 is 0. The quantitative estimate of drug-likeness (QED) is 0.831. The Morgan fingerprint density at radius 2 is 1.81 bits per heavy atom. The van der Waals surface area contributed by atoms with Crippen LogP contribution in [0.4, 0.5) is 0 Å². The Morgan fingerprint density at radius 3 is 2.33 bits per heavy atom. The molecular formula is C17H25ClN2O. The average molecular weight is 309 g/mol. The number of hydrogen-bond acceptors (Lipinski definition) is 2. The zero-order chi connectivity index (χ0) is 15.4. The van der Waals surface area contributed by atoms with E-state index < -0.39 is 0 Å². The monoisotopic (exact) mass is 308 g/mol. The van der Waals surface area contributed by atoms with Crippen molar-refractivity contribution in [1.82, 2.24) is 9.80 Å². The molecule has 1 aromatic carbocycles. The smallest absolute Gasteiger partial charge is 0.253 e. The van der Waals surface area contributed by atoms with Crippen molar-refractivity contribution < 1.29 is 4.79 Å². The van der Waals surface area contributed by atoms with Crippen LogP contribution in [0.3, 0.4) is 0 Å². The van der Waals surface area contributed by atoms with Crippen LogP contribution in [0.5, 0.6) is 0 Å². The van der Waals surface area contributed by atoms with Gasteiger partial charge in [-0.15, -0.1) is 0 Å². The number of halogens is 1. The van der Waals surface area contributed by atoms with Gasteiger partial charge in [0.25, 0.3) is 5.91 Å². The van der Waals surface area contributed by atoms with Crippen LogP contribution >= 0.6 is 11.6 Å². The highest BCUT2D eigenvalue weighted by Crippen LogP contribution is 2.18. The molecule has 2 rings (SSSR count). The van der Waals surface area contributed by atoms with Gasteiger partial charge in [0.05, 0.1) is 0 Å². The van der Waals surface area contributed by atoms with Crippen molar-refractivity contribution in [3.8, 4) is 0 Å². The van der Waals surface area contributed by atoms with E-state index >= 15 is 0 Å². The first-order valence-electron chi connectivity index (χ1n) is 7.74. The van der Waals surface area contributed by atoms with Gasteiger partial charge in [0.15, 0.2) is 0 Å². The lowest BCUT2D eigenvalue weighted by Crippen LogP contribution is -2.47. The minimum absolute atomic E-state index is 0.0737. The Labute approximate surface area is 132 Å². The molecule has 1 amide bonds. The standard InChI is InChI=1S/C17H25ClN2O/c1-13(2)16(12-20-10-4-5-11-20)19(3)17(21)14-6-8-15(18)9-7-14/h6-9,13,16H,4-5,10-12H2,1-3H3. The molecule has 1 saturated heterocycles. The molecule has 1 aliphatic rings. The third kappa shape index (κ3) is 4.21. The maximum absolute atomic E-state index is 12.6. The Hall–Kier alpha value is -1.06. The van der Waals surface area contributed by atoms with Crippen molar-refractivity contribution in [3.63, 3.8) is 0 Å². The molecule has 1 atom stereocenters. The number of nitrogens with zero attached hydrogens (tertiary/aromatic N) is 2. The van der Waals surface area contributed by atoms with Crippen LogP contribution in [0, 0.1) is 5.92 Å². The molecule has 0 bridgehead atoms. The van der Waals surface area contributed by atoms with Crippen molar-refractivity contribution in [2.24, 2.45) is 5.92 Å². The van der Waals surface area contributed by atoms with Gasteiger partial charge in [0.1, 0.15) is 0 Å². The lowest BCUT2D eigenvalue weighted by Gasteiger charge is -2.34. The number of amides is 1. The molecule has 0 aromatic heterocycles. The van der Waals surface area contributed by atoms with Gasteiger partial charge in [0.2, 0.25) is 0 Å². The van der Waals surface area contributed by atoms with Gasteiger partial charge < -0.3 is 9.80 Å². The lowest BCUT2D eigenvalue weighted by molar-refractivity contribution is 0.0641. The second-order valence-electron chi connectivity index (χ2n) is 6.24. The van der Waals surface area contributed by atoms with Crippen molar-refractivity contribution in [2.45, 2.75) is 32.7 Å². The molecule has 0 N–H and O–H groups in total. The van der Waals surface area contributed by atoms with Crippen molar-refractivity contribution >= 4 is 17.5 Å². The fraction of sp³-hybridized carbons (Fsp3) is 0.588. The Morgan fingerprint density at radius 1 is 1.24 bits per heavy atom. The number of likely N-dealkylation sites (tertiary alicyclic amines) is 1. The number of carbonyl (C=O) groups is 1. The van der Waals surface area contributed by atoms with Crippen LogP contribution in [0.25, 0.3) is 0 Å². The molecule has 0 spiro atoms. The van der Waals surface area contributed by atoms with Gasteiger partial charge in [-0.25, -0.2) is 0 Å². The number of benzene rings is 1. The summed E-state index contributed by atoms with van der Waals surface area (Å²) in [6, 6.07) is 7.38. The normalized spacial score (nSPS) is 17.2. The SMILES string of the molecule is CC(C)C(CN1CCCC1)N(C)C(=O)c1ccc(Cl)cc1. The highest BCUT2D eigenvalue weighted by atomic mass is 35.5. The summed E-state index contributed by atoms with van der Waals surface area (Å²) in [4.78, 5) is 17.0. The maximum Gasteiger partial charge on any atom is 0.253 e. The highest BCUT2D eigenvalue weighted by Gasteiger charge is 2.27. The van der Waals surface area contributed by atoms with Crippen molar-refractivity contribution in [1.29, 1.82) is 0 Å². The average Bonchev–Trinajstić information content (AvgIpc) is 2.97. The van der Waals surface area contributed by atoms with E-state index in [2.05, 4.69) is 18.7 Å². The summed E-state index contributed by atoms with van der Waals surface area (Å²) in [6.07, 6.45) is 2.55. The molecule has 0 aliphatic carbocycles. The summed E-state index contributed by atoms with van der Waals surface area (Å²) in [5.74, 6) is 0.511. The molecule has 21 heavy (non-hydrogen) atoms. The van der Waals surface area contributed by atoms with Crippen LogP contribution in [0.2, 0.25) is 5.02 Å². The van der Waals surface area contributed by atoms with E-state index in [1.807, 2.05) is 11.9 Å². The fourth-order valence-electron chi connectivity index (χ4n) is 2.96. The summed E-state index contributed by atoms with van der Waals surface area (Å²) in [7, 11) is 1.91. The third-order valence-corrected chi connectivity index (χ3v) is 4.57. The van der Waals surface area contributed by atoms with Crippen LogP contribution in [0.15, 0.2) is 24.3 Å². The molecule has 0 radical (unpaired) electrons. The minimum atomic E-state index is 0.0737. The Kier molecular flexibility index (Phi) is 5.65. The fourth-order valence-corrected chi connectivity index (χ4v) is 3.08. The van der Waals surface area contributed by atoms with Crippen LogP contribution in [0.1, 0.15) is 37.0 Å². The zero-order valence-corrected chi connectivity index (χ0v) is 13.9. The van der Waals surface area contributed by atoms with Crippen molar-refractivity contribution in [3.05, 3.63) is 34.9 Å². The van der Waals surface area contributed by atoms with Gasteiger partial charge in [-0.05, 0) is 56.1 Å². The van der Waals surface area contributed by atoms with Crippen molar-refractivity contribution in [2.75, 3.05) is 26.7 Å². The highest BCUT2D eigenvalue weighted by molar-refractivity contribution is 6.30. The van der Waals surface area contributed by atoms with Crippen LogP contribution in [-0.2, 0) is 0 Å². The Bertz CT molecular complexity index is 466. The van der Waals surface area contributed by atoms with E-state index in [9.17, 15) is 4.79 Å². The van der Waals surface area contributed by atoms with E-state index in [4.69, 9.17) is 11.6 Å². The lowest BCUT2D eigenvalue weighted by atomic mass is 10.0. The molecule has 1 fully saturated rings. The number of carbonyl (C=O) groups excluding carboxylic acids is 1. The molecular weight excluding hydrogens is 284 g/mol. The van der Waals surface area contributed by atoms with Crippen LogP contribution in [-0.4, -0.2) is 48.4 Å². The molecule has 1 aromatic rings. The molecule has 1 aliphatic heterocycles. The largest absolute Gasteiger partial charge is 0.337 e. The summed E-state index contributed by atoms with van der Waals surface area (Å²) >= 11 is 5.89.